The standard InChI is InChI=1S/C77H134O6/c1-4-7-10-13-16-19-22-25-27-29-31-33-35-36-37-38-39-40-42-43-45-47-49-52-55-58-61-64-67-70-76(79)82-73-74(72-81-75(78)69-66-63-60-57-54-51-24-21-18-15-12-9-6-3)83-77(80)71-68-65-62-59-56-53-50-48-46-44-41-34-32-30-28-26-23-20-17-14-11-8-5-2/h8,11-12,15,17,20-22,24-26,28-29,31-32,34,74H,4-7,9-10,13-14,16,18-19,23,27,30,33,35-73H2,1-3H3/b11-8-,15-12-,20-17-,24-21-,25-22-,28-26-,31-29-,34-32-. The number of allylic oxidation sites excluding steroid dienone is 16. The van der Waals surface area contributed by atoms with Crippen molar-refractivity contribution in [1.82, 2.24) is 0 Å². The Morgan fingerprint density at radius 3 is 0.783 bits per heavy atom. The highest BCUT2D eigenvalue weighted by atomic mass is 16.6. The lowest BCUT2D eigenvalue weighted by Gasteiger charge is -2.18. The third-order valence-corrected chi connectivity index (χ3v) is 15.5. The quantitative estimate of drug-likeness (QED) is 0.0261. The van der Waals surface area contributed by atoms with Crippen LogP contribution in [0.5, 0.6) is 0 Å². The summed E-state index contributed by atoms with van der Waals surface area (Å²) >= 11 is 0. The van der Waals surface area contributed by atoms with Crippen molar-refractivity contribution in [3.63, 3.8) is 0 Å². The lowest BCUT2D eigenvalue weighted by Crippen LogP contribution is -2.30. The molecule has 0 aromatic rings. The van der Waals surface area contributed by atoms with E-state index in [-0.39, 0.29) is 31.1 Å². The van der Waals surface area contributed by atoms with Gasteiger partial charge >= 0.3 is 17.9 Å². The third-order valence-electron chi connectivity index (χ3n) is 15.5. The fourth-order valence-electron chi connectivity index (χ4n) is 10.2. The molecule has 0 N–H and O–H groups in total. The van der Waals surface area contributed by atoms with Gasteiger partial charge in [-0.1, -0.05) is 317 Å². The minimum Gasteiger partial charge on any atom is -0.462 e. The van der Waals surface area contributed by atoms with Gasteiger partial charge in [-0.2, -0.15) is 0 Å². The van der Waals surface area contributed by atoms with Crippen molar-refractivity contribution in [2.75, 3.05) is 13.2 Å². The Labute approximate surface area is 515 Å². The van der Waals surface area contributed by atoms with E-state index in [9.17, 15) is 14.4 Å². The largest absolute Gasteiger partial charge is 0.462 e. The minimum absolute atomic E-state index is 0.0813. The summed E-state index contributed by atoms with van der Waals surface area (Å²) in [6.45, 7) is 6.48. The first-order valence-corrected chi connectivity index (χ1v) is 35.7. The first-order chi connectivity index (χ1) is 41.0. The normalized spacial score (nSPS) is 12.7. The Bertz CT molecular complexity index is 1610. The van der Waals surface area contributed by atoms with Crippen molar-refractivity contribution in [1.29, 1.82) is 0 Å². The number of rotatable bonds is 65. The summed E-state index contributed by atoms with van der Waals surface area (Å²) in [5.74, 6) is -0.885. The summed E-state index contributed by atoms with van der Waals surface area (Å²) in [5, 5.41) is 0. The highest BCUT2D eigenvalue weighted by molar-refractivity contribution is 5.71. The molecule has 6 heteroatoms. The maximum absolute atomic E-state index is 13.0. The van der Waals surface area contributed by atoms with Gasteiger partial charge in [0.1, 0.15) is 13.2 Å². The van der Waals surface area contributed by atoms with Gasteiger partial charge in [0.25, 0.3) is 0 Å². The maximum atomic E-state index is 13.0. The molecule has 0 aliphatic rings. The van der Waals surface area contributed by atoms with E-state index >= 15 is 0 Å². The van der Waals surface area contributed by atoms with Crippen LogP contribution in [0.1, 0.15) is 355 Å². The van der Waals surface area contributed by atoms with Crippen molar-refractivity contribution in [2.24, 2.45) is 0 Å². The van der Waals surface area contributed by atoms with E-state index in [1.807, 2.05) is 0 Å². The number of carbonyl (C=O) groups is 3. The van der Waals surface area contributed by atoms with Crippen LogP contribution >= 0.6 is 0 Å². The molecule has 0 rings (SSSR count). The van der Waals surface area contributed by atoms with Gasteiger partial charge in [-0.3, -0.25) is 14.4 Å². The molecule has 0 saturated heterocycles. The second-order valence-electron chi connectivity index (χ2n) is 23.8. The molecule has 0 spiro atoms. The Balaban J connectivity index is 4.24. The number of hydrogen-bond donors (Lipinski definition) is 0. The average Bonchev–Trinajstić information content (AvgIpc) is 3.49. The summed E-state index contributed by atoms with van der Waals surface area (Å²) in [6, 6.07) is 0. The molecule has 0 aliphatic carbocycles. The molecule has 0 radical (unpaired) electrons. The zero-order chi connectivity index (χ0) is 59.9. The molecular weight excluding hydrogens is 1020 g/mol. The molecule has 0 saturated carbocycles. The monoisotopic (exact) mass is 1160 g/mol. The summed E-state index contributed by atoms with van der Waals surface area (Å²) in [6.07, 6.45) is 95.8. The molecule has 0 aromatic carbocycles. The van der Waals surface area contributed by atoms with Crippen LogP contribution in [0.4, 0.5) is 0 Å². The summed E-state index contributed by atoms with van der Waals surface area (Å²) in [5.41, 5.74) is 0. The van der Waals surface area contributed by atoms with Gasteiger partial charge in [0.05, 0.1) is 0 Å². The Morgan fingerprint density at radius 2 is 0.494 bits per heavy atom. The lowest BCUT2D eigenvalue weighted by molar-refractivity contribution is -0.167. The fourth-order valence-corrected chi connectivity index (χ4v) is 10.2. The van der Waals surface area contributed by atoms with E-state index in [2.05, 4.69) is 118 Å². The average molecular weight is 1160 g/mol. The number of unbranched alkanes of at least 4 members (excludes halogenated alkanes) is 38. The van der Waals surface area contributed by atoms with Crippen LogP contribution in [-0.2, 0) is 28.6 Å². The van der Waals surface area contributed by atoms with Crippen LogP contribution in [0, 0.1) is 0 Å². The Morgan fingerprint density at radius 1 is 0.253 bits per heavy atom. The second-order valence-corrected chi connectivity index (χ2v) is 23.8. The molecule has 1 unspecified atom stereocenters. The van der Waals surface area contributed by atoms with Crippen molar-refractivity contribution in [3.05, 3.63) is 97.2 Å². The molecule has 83 heavy (non-hydrogen) atoms. The van der Waals surface area contributed by atoms with Crippen LogP contribution < -0.4 is 0 Å². The summed E-state index contributed by atoms with van der Waals surface area (Å²) in [4.78, 5) is 38.4. The predicted molar refractivity (Wildman–Crippen MR) is 362 cm³/mol. The zero-order valence-electron chi connectivity index (χ0n) is 54.9. The Hall–Kier alpha value is -3.67. The first kappa shape index (κ1) is 79.3. The van der Waals surface area contributed by atoms with Crippen LogP contribution in [-0.4, -0.2) is 37.2 Å². The molecule has 6 nitrogen and oxygen atoms in total. The number of carbonyl (C=O) groups excluding carboxylic acids is 3. The van der Waals surface area contributed by atoms with E-state index in [0.717, 1.165) is 116 Å². The van der Waals surface area contributed by atoms with E-state index in [4.69, 9.17) is 14.2 Å². The smallest absolute Gasteiger partial charge is 0.306 e. The van der Waals surface area contributed by atoms with Crippen LogP contribution in [0.25, 0.3) is 0 Å². The molecule has 0 fully saturated rings. The van der Waals surface area contributed by atoms with Crippen LogP contribution in [0.2, 0.25) is 0 Å². The van der Waals surface area contributed by atoms with Gasteiger partial charge in [0.2, 0.25) is 0 Å². The SMILES string of the molecule is CC/C=C\C/C=C\C/C=C\C/C=C\CCCCCCCCCCCCC(=O)OC(COC(=O)CCCCCCC/C=C\C/C=C\CCC)COC(=O)CCCCCCCCCCCCCCCCCCC/C=C\C/C=C\CCCCCCC. The van der Waals surface area contributed by atoms with Crippen molar-refractivity contribution >= 4 is 17.9 Å². The van der Waals surface area contributed by atoms with Gasteiger partial charge < -0.3 is 14.2 Å². The van der Waals surface area contributed by atoms with E-state index in [1.165, 1.54) is 199 Å². The van der Waals surface area contributed by atoms with Crippen molar-refractivity contribution in [3.8, 4) is 0 Å². The van der Waals surface area contributed by atoms with Crippen LogP contribution in [0.15, 0.2) is 97.2 Å². The highest BCUT2D eigenvalue weighted by Crippen LogP contribution is 2.17. The third kappa shape index (κ3) is 69.0. The molecule has 0 heterocycles. The van der Waals surface area contributed by atoms with Crippen LogP contribution in [0.3, 0.4) is 0 Å². The van der Waals surface area contributed by atoms with E-state index in [1.54, 1.807) is 0 Å². The number of hydrogen-bond acceptors (Lipinski definition) is 6. The fraction of sp³-hybridized carbons (Fsp3) is 0.753. The molecule has 0 amide bonds. The minimum atomic E-state index is -0.787. The zero-order valence-corrected chi connectivity index (χ0v) is 54.9. The molecular formula is C77H134O6. The molecule has 1 atom stereocenters. The topological polar surface area (TPSA) is 78.9 Å². The highest BCUT2D eigenvalue weighted by Gasteiger charge is 2.19. The van der Waals surface area contributed by atoms with Gasteiger partial charge in [0.15, 0.2) is 6.10 Å². The molecule has 478 valence electrons. The molecule has 0 aliphatic heterocycles. The second kappa shape index (κ2) is 70.8. The number of esters is 3. The molecule has 0 aromatic heterocycles. The van der Waals surface area contributed by atoms with Crippen molar-refractivity contribution in [2.45, 2.75) is 361 Å². The van der Waals surface area contributed by atoms with Gasteiger partial charge in [-0.15, -0.1) is 0 Å². The predicted octanol–water partition coefficient (Wildman–Crippen LogP) is 24.8. The number of ether oxygens (including phenoxy) is 3. The Kier molecular flexibility index (Phi) is 67.7. The summed E-state index contributed by atoms with van der Waals surface area (Å²) < 4.78 is 17.0. The van der Waals surface area contributed by atoms with Crippen molar-refractivity contribution < 1.29 is 28.6 Å². The summed E-state index contributed by atoms with van der Waals surface area (Å²) in [7, 11) is 0. The maximum Gasteiger partial charge on any atom is 0.306 e. The van der Waals surface area contributed by atoms with Gasteiger partial charge in [-0.25, -0.2) is 0 Å². The van der Waals surface area contributed by atoms with Gasteiger partial charge in [0, 0.05) is 19.3 Å². The first-order valence-electron chi connectivity index (χ1n) is 35.7. The lowest BCUT2D eigenvalue weighted by atomic mass is 10.0. The van der Waals surface area contributed by atoms with E-state index < -0.39 is 6.10 Å². The van der Waals surface area contributed by atoms with Gasteiger partial charge in [-0.05, 0) is 116 Å². The van der Waals surface area contributed by atoms with E-state index in [0.29, 0.717) is 19.3 Å². The molecule has 0 bridgehead atoms.